The fourth-order valence-corrected chi connectivity index (χ4v) is 1.28. The number of hydrogen-bond acceptors (Lipinski definition) is 1. The van der Waals surface area contributed by atoms with Crippen LogP contribution in [0, 0.1) is 0 Å². The van der Waals surface area contributed by atoms with Crippen LogP contribution in [0.1, 0.15) is 24.5 Å². The highest BCUT2D eigenvalue weighted by Crippen LogP contribution is 2.29. The standard InChI is InChI=1S/C11H13F3O/c1-8(15)5-6-9-3-2-4-10(7-9)11(12,13)14/h2-4,7-8,15H,5-6H2,1H3/t8-/m1/s1. The largest absolute Gasteiger partial charge is 0.416 e. The molecule has 1 aromatic carbocycles. The molecule has 0 unspecified atom stereocenters. The van der Waals surface area contributed by atoms with Gasteiger partial charge in [0.2, 0.25) is 0 Å². The Bertz CT molecular complexity index is 318. The Hall–Kier alpha value is -1.03. The number of aryl methyl sites for hydroxylation is 1. The van der Waals surface area contributed by atoms with Crippen LogP contribution < -0.4 is 0 Å². The first-order valence-electron chi connectivity index (χ1n) is 4.74. The first-order valence-corrected chi connectivity index (χ1v) is 4.74. The van der Waals surface area contributed by atoms with Gasteiger partial charge in [0, 0.05) is 0 Å². The molecule has 0 radical (unpaired) electrons. The molecule has 84 valence electrons. The molecule has 1 nitrogen and oxygen atoms in total. The van der Waals surface area contributed by atoms with Gasteiger partial charge in [-0.2, -0.15) is 13.2 Å². The van der Waals surface area contributed by atoms with Crippen molar-refractivity contribution in [3.8, 4) is 0 Å². The van der Waals surface area contributed by atoms with Gasteiger partial charge in [-0.05, 0) is 31.4 Å². The van der Waals surface area contributed by atoms with E-state index in [1.54, 1.807) is 13.0 Å². The molecular formula is C11H13F3O. The smallest absolute Gasteiger partial charge is 0.393 e. The van der Waals surface area contributed by atoms with Gasteiger partial charge in [0.15, 0.2) is 0 Å². The minimum absolute atomic E-state index is 0.460. The maximum atomic E-state index is 12.3. The highest BCUT2D eigenvalue weighted by atomic mass is 19.4. The van der Waals surface area contributed by atoms with Crippen molar-refractivity contribution in [1.82, 2.24) is 0 Å². The molecule has 1 rings (SSSR count). The minimum atomic E-state index is -4.29. The van der Waals surface area contributed by atoms with E-state index < -0.39 is 17.8 Å². The van der Waals surface area contributed by atoms with Gasteiger partial charge in [-0.15, -0.1) is 0 Å². The summed E-state index contributed by atoms with van der Waals surface area (Å²) in [5.41, 5.74) is -0.0312. The lowest BCUT2D eigenvalue weighted by atomic mass is 10.0. The van der Waals surface area contributed by atoms with E-state index in [1.165, 1.54) is 6.07 Å². The van der Waals surface area contributed by atoms with Crippen molar-refractivity contribution in [3.05, 3.63) is 35.4 Å². The lowest BCUT2D eigenvalue weighted by Gasteiger charge is -2.09. The van der Waals surface area contributed by atoms with Gasteiger partial charge >= 0.3 is 6.18 Å². The summed E-state index contributed by atoms with van der Waals surface area (Å²) in [6.07, 6.45) is -3.84. The Morgan fingerprint density at radius 2 is 2.00 bits per heavy atom. The van der Waals surface area contributed by atoms with E-state index in [1.807, 2.05) is 0 Å². The SMILES string of the molecule is C[C@@H](O)CCc1cccc(C(F)(F)F)c1. The summed E-state index contributed by atoms with van der Waals surface area (Å²) in [4.78, 5) is 0. The molecule has 0 fully saturated rings. The Balaban J connectivity index is 2.75. The van der Waals surface area contributed by atoms with E-state index in [4.69, 9.17) is 5.11 Å². The molecule has 1 atom stereocenters. The lowest BCUT2D eigenvalue weighted by Crippen LogP contribution is -2.06. The van der Waals surface area contributed by atoms with Crippen molar-refractivity contribution < 1.29 is 18.3 Å². The zero-order chi connectivity index (χ0) is 11.5. The molecule has 0 saturated heterocycles. The second-order valence-electron chi connectivity index (χ2n) is 3.59. The molecule has 0 spiro atoms. The predicted octanol–water partition coefficient (Wildman–Crippen LogP) is 3.02. The quantitative estimate of drug-likeness (QED) is 0.826. The van der Waals surface area contributed by atoms with E-state index in [9.17, 15) is 13.2 Å². The first-order chi connectivity index (χ1) is 6.89. The molecular weight excluding hydrogens is 205 g/mol. The molecule has 1 aromatic rings. The summed E-state index contributed by atoms with van der Waals surface area (Å²) in [6, 6.07) is 5.20. The summed E-state index contributed by atoms with van der Waals surface area (Å²) >= 11 is 0. The summed E-state index contributed by atoms with van der Waals surface area (Å²) in [6.45, 7) is 1.62. The van der Waals surface area contributed by atoms with Gasteiger partial charge in [-0.3, -0.25) is 0 Å². The average Bonchev–Trinajstić information content (AvgIpc) is 2.14. The third-order valence-electron chi connectivity index (χ3n) is 2.11. The van der Waals surface area contributed by atoms with Crippen LogP contribution in [-0.2, 0) is 12.6 Å². The van der Waals surface area contributed by atoms with Gasteiger partial charge in [0.05, 0.1) is 11.7 Å². The fraction of sp³-hybridized carbons (Fsp3) is 0.455. The molecule has 0 aromatic heterocycles. The van der Waals surface area contributed by atoms with Crippen LogP contribution in [0.4, 0.5) is 13.2 Å². The average molecular weight is 218 g/mol. The first kappa shape index (κ1) is 12.0. The fourth-order valence-electron chi connectivity index (χ4n) is 1.28. The molecule has 0 aliphatic rings. The molecule has 0 aliphatic heterocycles. The second-order valence-corrected chi connectivity index (χ2v) is 3.59. The van der Waals surface area contributed by atoms with E-state index in [-0.39, 0.29) is 0 Å². The molecule has 4 heteroatoms. The van der Waals surface area contributed by atoms with E-state index in [0.29, 0.717) is 18.4 Å². The minimum Gasteiger partial charge on any atom is -0.393 e. The maximum Gasteiger partial charge on any atom is 0.416 e. The molecule has 0 amide bonds. The van der Waals surface area contributed by atoms with Gasteiger partial charge in [-0.1, -0.05) is 18.2 Å². The number of benzene rings is 1. The monoisotopic (exact) mass is 218 g/mol. The Kier molecular flexibility index (Phi) is 3.74. The topological polar surface area (TPSA) is 20.2 Å². The van der Waals surface area contributed by atoms with E-state index in [2.05, 4.69) is 0 Å². The van der Waals surface area contributed by atoms with Crippen LogP contribution in [-0.4, -0.2) is 11.2 Å². The predicted molar refractivity (Wildman–Crippen MR) is 51.4 cm³/mol. The Labute approximate surface area is 86.5 Å². The summed E-state index contributed by atoms with van der Waals surface area (Å²) in [5, 5.41) is 9.02. The molecule has 0 bridgehead atoms. The van der Waals surface area contributed by atoms with Crippen LogP contribution in [0.5, 0.6) is 0 Å². The van der Waals surface area contributed by atoms with Crippen molar-refractivity contribution in [2.24, 2.45) is 0 Å². The highest BCUT2D eigenvalue weighted by molar-refractivity contribution is 5.25. The molecule has 1 N–H and O–H groups in total. The van der Waals surface area contributed by atoms with Gasteiger partial charge in [0.25, 0.3) is 0 Å². The van der Waals surface area contributed by atoms with Crippen LogP contribution in [0.2, 0.25) is 0 Å². The summed E-state index contributed by atoms with van der Waals surface area (Å²) in [7, 11) is 0. The maximum absolute atomic E-state index is 12.3. The number of hydrogen-bond donors (Lipinski definition) is 1. The molecule has 15 heavy (non-hydrogen) atoms. The van der Waals surface area contributed by atoms with Crippen molar-refractivity contribution in [3.63, 3.8) is 0 Å². The Morgan fingerprint density at radius 1 is 1.33 bits per heavy atom. The summed E-state index contributed by atoms with van der Waals surface area (Å²) < 4.78 is 37.0. The van der Waals surface area contributed by atoms with Gasteiger partial charge in [0.1, 0.15) is 0 Å². The van der Waals surface area contributed by atoms with Gasteiger partial charge in [-0.25, -0.2) is 0 Å². The van der Waals surface area contributed by atoms with E-state index in [0.717, 1.165) is 12.1 Å². The van der Waals surface area contributed by atoms with Crippen molar-refractivity contribution >= 4 is 0 Å². The zero-order valence-corrected chi connectivity index (χ0v) is 8.38. The third kappa shape index (κ3) is 3.91. The lowest BCUT2D eigenvalue weighted by molar-refractivity contribution is -0.137. The van der Waals surface area contributed by atoms with Gasteiger partial charge < -0.3 is 5.11 Å². The molecule has 0 saturated carbocycles. The van der Waals surface area contributed by atoms with Crippen molar-refractivity contribution in [1.29, 1.82) is 0 Å². The summed E-state index contributed by atoms with van der Waals surface area (Å²) in [5.74, 6) is 0. The zero-order valence-electron chi connectivity index (χ0n) is 8.38. The van der Waals surface area contributed by atoms with Crippen molar-refractivity contribution in [2.45, 2.75) is 32.0 Å². The second kappa shape index (κ2) is 4.66. The van der Waals surface area contributed by atoms with Crippen LogP contribution >= 0.6 is 0 Å². The normalized spacial score (nSPS) is 13.9. The van der Waals surface area contributed by atoms with E-state index >= 15 is 0 Å². The van der Waals surface area contributed by atoms with Crippen molar-refractivity contribution in [2.75, 3.05) is 0 Å². The van der Waals surface area contributed by atoms with Crippen LogP contribution in [0.25, 0.3) is 0 Å². The number of aliphatic hydroxyl groups excluding tert-OH is 1. The number of aliphatic hydroxyl groups is 1. The number of rotatable bonds is 3. The molecule has 0 aliphatic carbocycles. The number of alkyl halides is 3. The Morgan fingerprint density at radius 3 is 2.53 bits per heavy atom. The molecule has 0 heterocycles. The third-order valence-corrected chi connectivity index (χ3v) is 2.11. The van der Waals surface area contributed by atoms with Crippen LogP contribution in [0.15, 0.2) is 24.3 Å². The number of halogens is 3. The highest BCUT2D eigenvalue weighted by Gasteiger charge is 2.30. The van der Waals surface area contributed by atoms with Crippen LogP contribution in [0.3, 0.4) is 0 Å².